The molecule has 2 amide bonds. The fourth-order valence-electron chi connectivity index (χ4n) is 4.31. The van der Waals surface area contributed by atoms with Crippen molar-refractivity contribution in [3.8, 4) is 5.75 Å². The third-order valence-electron chi connectivity index (χ3n) is 5.57. The van der Waals surface area contributed by atoms with Crippen LogP contribution in [0.3, 0.4) is 0 Å². The molecule has 1 aromatic carbocycles. The van der Waals surface area contributed by atoms with Crippen molar-refractivity contribution in [2.24, 2.45) is 0 Å². The van der Waals surface area contributed by atoms with Crippen molar-refractivity contribution in [3.63, 3.8) is 0 Å². The van der Waals surface area contributed by atoms with E-state index in [0.717, 1.165) is 25.2 Å². The molecule has 3 aliphatic heterocycles. The van der Waals surface area contributed by atoms with Gasteiger partial charge in [0.05, 0.1) is 5.69 Å². The van der Waals surface area contributed by atoms with Gasteiger partial charge in [-0.15, -0.1) is 0 Å². The number of hydrogen-bond acceptors (Lipinski definition) is 4. The maximum Gasteiger partial charge on any atom is 0.265 e. The SMILES string of the molecule is O=C(CCN1C(=O)COc2ccccc21)N[C@H]1CCN2CCCC[C@H]12. The monoisotopic (exact) mass is 343 g/mol. The zero-order valence-electron chi connectivity index (χ0n) is 14.4. The number of rotatable bonds is 4. The molecule has 134 valence electrons. The smallest absolute Gasteiger partial charge is 0.265 e. The van der Waals surface area contributed by atoms with Crippen molar-refractivity contribution in [2.75, 3.05) is 31.1 Å². The number of piperidine rings is 1. The second-order valence-corrected chi connectivity index (χ2v) is 7.11. The minimum absolute atomic E-state index is 0.0363. The van der Waals surface area contributed by atoms with Crippen LogP contribution >= 0.6 is 0 Å². The van der Waals surface area contributed by atoms with E-state index in [1.54, 1.807) is 4.90 Å². The van der Waals surface area contributed by atoms with E-state index in [1.807, 2.05) is 24.3 Å². The lowest BCUT2D eigenvalue weighted by molar-refractivity contribution is -0.122. The Kier molecular flexibility index (Phi) is 4.61. The van der Waals surface area contributed by atoms with Crippen LogP contribution in [0.2, 0.25) is 0 Å². The van der Waals surface area contributed by atoms with E-state index in [9.17, 15) is 9.59 Å². The van der Waals surface area contributed by atoms with Crippen molar-refractivity contribution in [1.29, 1.82) is 0 Å². The Morgan fingerprint density at radius 1 is 1.20 bits per heavy atom. The number of nitrogens with one attached hydrogen (secondary N) is 1. The van der Waals surface area contributed by atoms with Crippen LogP contribution in [-0.2, 0) is 9.59 Å². The number of carbonyl (C=O) groups is 2. The fraction of sp³-hybridized carbons (Fsp3) is 0.579. The van der Waals surface area contributed by atoms with E-state index in [4.69, 9.17) is 4.74 Å². The van der Waals surface area contributed by atoms with Crippen molar-refractivity contribution in [1.82, 2.24) is 10.2 Å². The molecule has 0 unspecified atom stereocenters. The van der Waals surface area contributed by atoms with E-state index in [0.29, 0.717) is 24.8 Å². The largest absolute Gasteiger partial charge is 0.482 e. The molecule has 0 radical (unpaired) electrons. The molecule has 0 saturated carbocycles. The van der Waals surface area contributed by atoms with Crippen molar-refractivity contribution >= 4 is 17.5 Å². The molecule has 6 heteroatoms. The topological polar surface area (TPSA) is 61.9 Å². The van der Waals surface area contributed by atoms with Gasteiger partial charge in [0, 0.05) is 31.6 Å². The highest BCUT2D eigenvalue weighted by Crippen LogP contribution is 2.31. The van der Waals surface area contributed by atoms with Gasteiger partial charge < -0.3 is 15.0 Å². The number of carbonyl (C=O) groups excluding carboxylic acids is 2. The van der Waals surface area contributed by atoms with Crippen LogP contribution in [0.1, 0.15) is 32.1 Å². The van der Waals surface area contributed by atoms with Gasteiger partial charge in [-0.1, -0.05) is 18.6 Å². The lowest BCUT2D eigenvalue weighted by Gasteiger charge is -2.33. The van der Waals surface area contributed by atoms with Crippen LogP contribution in [0.25, 0.3) is 0 Å². The molecule has 2 atom stereocenters. The summed E-state index contributed by atoms with van der Waals surface area (Å²) >= 11 is 0. The van der Waals surface area contributed by atoms with E-state index >= 15 is 0 Å². The van der Waals surface area contributed by atoms with Gasteiger partial charge in [0.25, 0.3) is 5.91 Å². The molecule has 3 heterocycles. The molecule has 1 aromatic rings. The molecule has 3 aliphatic rings. The van der Waals surface area contributed by atoms with Crippen molar-refractivity contribution in [3.05, 3.63) is 24.3 Å². The van der Waals surface area contributed by atoms with Crippen LogP contribution in [0.15, 0.2) is 24.3 Å². The standard InChI is InChI=1S/C19H25N3O3/c23-18(20-14-8-11-21-10-4-3-5-15(14)21)9-12-22-16-6-1-2-7-17(16)25-13-19(22)24/h1-2,6-7,14-15H,3-5,8-13H2,(H,20,23)/t14-,15+/m0/s1. The summed E-state index contributed by atoms with van der Waals surface area (Å²) < 4.78 is 5.44. The van der Waals surface area contributed by atoms with Gasteiger partial charge in [-0.3, -0.25) is 14.5 Å². The lowest BCUT2D eigenvalue weighted by atomic mass is 9.99. The first-order chi connectivity index (χ1) is 12.2. The maximum absolute atomic E-state index is 12.4. The van der Waals surface area contributed by atoms with E-state index < -0.39 is 0 Å². The summed E-state index contributed by atoms with van der Waals surface area (Å²) in [4.78, 5) is 28.8. The first-order valence-corrected chi connectivity index (χ1v) is 9.28. The molecule has 2 fully saturated rings. The molecule has 4 rings (SSSR count). The predicted octanol–water partition coefficient (Wildman–Crippen LogP) is 1.55. The van der Waals surface area contributed by atoms with Gasteiger partial charge in [0.2, 0.25) is 5.91 Å². The summed E-state index contributed by atoms with van der Waals surface area (Å²) in [6, 6.07) is 8.25. The fourth-order valence-corrected chi connectivity index (χ4v) is 4.31. The molecule has 6 nitrogen and oxygen atoms in total. The quantitative estimate of drug-likeness (QED) is 0.901. The number of fused-ring (bicyclic) bond motifs is 2. The van der Waals surface area contributed by atoms with Gasteiger partial charge >= 0.3 is 0 Å². The van der Waals surface area contributed by atoms with Gasteiger partial charge in [0.15, 0.2) is 6.61 Å². The van der Waals surface area contributed by atoms with E-state index in [-0.39, 0.29) is 24.5 Å². The van der Waals surface area contributed by atoms with Crippen LogP contribution < -0.4 is 15.0 Å². The van der Waals surface area contributed by atoms with Crippen LogP contribution in [0.5, 0.6) is 5.75 Å². The number of benzene rings is 1. The molecule has 0 bridgehead atoms. The zero-order valence-corrected chi connectivity index (χ0v) is 14.4. The highest BCUT2D eigenvalue weighted by atomic mass is 16.5. The molecule has 0 spiro atoms. The normalized spacial score (nSPS) is 25.9. The maximum atomic E-state index is 12.4. The van der Waals surface area contributed by atoms with E-state index in [1.165, 1.54) is 19.3 Å². The molecular formula is C19H25N3O3. The average molecular weight is 343 g/mol. The van der Waals surface area contributed by atoms with Crippen LogP contribution in [0, 0.1) is 0 Å². The summed E-state index contributed by atoms with van der Waals surface area (Å²) in [5.41, 5.74) is 0.755. The number of hydrogen-bond donors (Lipinski definition) is 1. The Labute approximate surface area is 148 Å². The van der Waals surface area contributed by atoms with Crippen LogP contribution in [-0.4, -0.2) is 55.0 Å². The minimum atomic E-state index is -0.0918. The number of amides is 2. The van der Waals surface area contributed by atoms with E-state index in [2.05, 4.69) is 10.2 Å². The van der Waals surface area contributed by atoms with Gasteiger partial charge in [-0.25, -0.2) is 0 Å². The second kappa shape index (κ2) is 7.04. The third-order valence-corrected chi connectivity index (χ3v) is 5.57. The minimum Gasteiger partial charge on any atom is -0.482 e. The Balaban J connectivity index is 1.34. The Bertz CT molecular complexity index is 663. The summed E-state index contributed by atoms with van der Waals surface area (Å²) in [5.74, 6) is 0.649. The summed E-state index contributed by atoms with van der Waals surface area (Å²) in [5, 5.41) is 3.21. The number of anilines is 1. The molecule has 25 heavy (non-hydrogen) atoms. The molecule has 0 aliphatic carbocycles. The first-order valence-electron chi connectivity index (χ1n) is 9.28. The Hall–Kier alpha value is -2.08. The van der Waals surface area contributed by atoms with Gasteiger partial charge in [-0.2, -0.15) is 0 Å². The second-order valence-electron chi connectivity index (χ2n) is 7.11. The summed E-state index contributed by atoms with van der Waals surface area (Å²) in [7, 11) is 0. The zero-order chi connectivity index (χ0) is 17.2. The van der Waals surface area contributed by atoms with Crippen molar-refractivity contribution in [2.45, 2.75) is 44.2 Å². The lowest BCUT2D eigenvalue weighted by Crippen LogP contribution is -2.47. The van der Waals surface area contributed by atoms with Gasteiger partial charge in [-0.05, 0) is 37.9 Å². The number of para-hydroxylation sites is 2. The summed E-state index contributed by atoms with van der Waals surface area (Å²) in [6.07, 6.45) is 5.07. The molecular weight excluding hydrogens is 318 g/mol. The Morgan fingerprint density at radius 3 is 3.00 bits per heavy atom. The van der Waals surface area contributed by atoms with Gasteiger partial charge in [0.1, 0.15) is 5.75 Å². The molecule has 2 saturated heterocycles. The summed E-state index contributed by atoms with van der Waals surface area (Å²) in [6.45, 7) is 2.69. The average Bonchev–Trinajstić information content (AvgIpc) is 3.04. The molecule has 1 N–H and O–H groups in total. The molecule has 0 aromatic heterocycles. The number of ether oxygens (including phenoxy) is 1. The Morgan fingerprint density at radius 2 is 2.08 bits per heavy atom. The third kappa shape index (κ3) is 3.35. The highest BCUT2D eigenvalue weighted by Gasteiger charge is 2.36. The van der Waals surface area contributed by atoms with Crippen molar-refractivity contribution < 1.29 is 14.3 Å². The first kappa shape index (κ1) is 16.4. The highest BCUT2D eigenvalue weighted by molar-refractivity contribution is 5.98. The van der Waals surface area contributed by atoms with Crippen LogP contribution in [0.4, 0.5) is 5.69 Å². The number of nitrogens with zero attached hydrogens (tertiary/aromatic N) is 2. The predicted molar refractivity (Wildman–Crippen MR) is 94.7 cm³/mol.